The van der Waals surface area contributed by atoms with Crippen LogP contribution >= 0.6 is 0 Å². The molecule has 1 aromatic heterocycles. The SMILES string of the molecule is CCCNCC(Cc1ccoc1)C(C)C. The number of hydrogen-bond acceptors (Lipinski definition) is 2. The summed E-state index contributed by atoms with van der Waals surface area (Å²) >= 11 is 0. The van der Waals surface area contributed by atoms with E-state index in [9.17, 15) is 0 Å². The van der Waals surface area contributed by atoms with Gasteiger partial charge in [-0.05, 0) is 49.4 Å². The van der Waals surface area contributed by atoms with Crippen LogP contribution in [0.1, 0.15) is 32.8 Å². The summed E-state index contributed by atoms with van der Waals surface area (Å²) in [5.41, 5.74) is 1.31. The summed E-state index contributed by atoms with van der Waals surface area (Å²) in [5.74, 6) is 1.42. The fraction of sp³-hybridized carbons (Fsp3) is 0.692. The molecule has 0 aliphatic rings. The van der Waals surface area contributed by atoms with E-state index in [1.54, 1.807) is 6.26 Å². The third-order valence-electron chi connectivity index (χ3n) is 2.85. The molecule has 0 fully saturated rings. The van der Waals surface area contributed by atoms with Crippen LogP contribution in [0, 0.1) is 11.8 Å². The average Bonchev–Trinajstić information content (AvgIpc) is 2.69. The molecule has 0 saturated heterocycles. The molecular formula is C13H23NO. The molecule has 0 saturated carbocycles. The predicted molar refractivity (Wildman–Crippen MR) is 63.9 cm³/mol. The molecule has 1 unspecified atom stereocenters. The topological polar surface area (TPSA) is 25.2 Å². The van der Waals surface area contributed by atoms with E-state index < -0.39 is 0 Å². The summed E-state index contributed by atoms with van der Waals surface area (Å²) in [6.07, 6.45) is 5.93. The zero-order chi connectivity index (χ0) is 11.1. The highest BCUT2D eigenvalue weighted by atomic mass is 16.3. The van der Waals surface area contributed by atoms with Gasteiger partial charge in [-0.1, -0.05) is 20.8 Å². The number of nitrogens with one attached hydrogen (secondary N) is 1. The highest BCUT2D eigenvalue weighted by Gasteiger charge is 2.13. The summed E-state index contributed by atoms with van der Waals surface area (Å²) < 4.78 is 5.10. The monoisotopic (exact) mass is 209 g/mol. The van der Waals surface area contributed by atoms with Gasteiger partial charge in [-0.25, -0.2) is 0 Å². The van der Waals surface area contributed by atoms with E-state index in [2.05, 4.69) is 32.2 Å². The summed E-state index contributed by atoms with van der Waals surface area (Å²) in [6.45, 7) is 9.01. The maximum absolute atomic E-state index is 5.10. The first-order valence-corrected chi connectivity index (χ1v) is 5.95. The van der Waals surface area contributed by atoms with Crippen molar-refractivity contribution >= 4 is 0 Å². The van der Waals surface area contributed by atoms with Crippen molar-refractivity contribution in [1.29, 1.82) is 0 Å². The molecule has 1 heterocycles. The molecular weight excluding hydrogens is 186 g/mol. The fourth-order valence-electron chi connectivity index (χ4n) is 1.72. The lowest BCUT2D eigenvalue weighted by Crippen LogP contribution is -2.28. The third kappa shape index (κ3) is 4.52. The normalized spacial score (nSPS) is 13.3. The zero-order valence-electron chi connectivity index (χ0n) is 10.1. The maximum Gasteiger partial charge on any atom is 0.0934 e. The molecule has 1 aromatic rings. The van der Waals surface area contributed by atoms with Gasteiger partial charge in [-0.2, -0.15) is 0 Å². The summed E-state index contributed by atoms with van der Waals surface area (Å²) in [4.78, 5) is 0. The van der Waals surface area contributed by atoms with E-state index >= 15 is 0 Å². The van der Waals surface area contributed by atoms with E-state index in [-0.39, 0.29) is 0 Å². The van der Waals surface area contributed by atoms with Crippen molar-refractivity contribution in [1.82, 2.24) is 5.32 Å². The van der Waals surface area contributed by atoms with Crippen molar-refractivity contribution in [2.45, 2.75) is 33.6 Å². The number of furan rings is 1. The van der Waals surface area contributed by atoms with Gasteiger partial charge < -0.3 is 9.73 Å². The van der Waals surface area contributed by atoms with Gasteiger partial charge in [-0.3, -0.25) is 0 Å². The Kier molecular flexibility index (Phi) is 5.48. The molecule has 0 radical (unpaired) electrons. The molecule has 86 valence electrons. The van der Waals surface area contributed by atoms with Crippen molar-refractivity contribution in [2.75, 3.05) is 13.1 Å². The van der Waals surface area contributed by atoms with Gasteiger partial charge in [0, 0.05) is 0 Å². The highest BCUT2D eigenvalue weighted by Crippen LogP contribution is 2.16. The Morgan fingerprint density at radius 1 is 1.40 bits per heavy atom. The van der Waals surface area contributed by atoms with Crippen LogP contribution in [0.4, 0.5) is 0 Å². The second-order valence-electron chi connectivity index (χ2n) is 4.54. The van der Waals surface area contributed by atoms with E-state index in [4.69, 9.17) is 4.42 Å². The lowest BCUT2D eigenvalue weighted by Gasteiger charge is -2.20. The van der Waals surface area contributed by atoms with Crippen molar-refractivity contribution in [2.24, 2.45) is 11.8 Å². The fourth-order valence-corrected chi connectivity index (χ4v) is 1.72. The molecule has 15 heavy (non-hydrogen) atoms. The van der Waals surface area contributed by atoms with Gasteiger partial charge in [0.2, 0.25) is 0 Å². The Balaban J connectivity index is 2.37. The van der Waals surface area contributed by atoms with E-state index in [1.165, 1.54) is 12.0 Å². The van der Waals surface area contributed by atoms with Crippen LogP contribution in [0.15, 0.2) is 23.0 Å². The first-order valence-electron chi connectivity index (χ1n) is 5.95. The first kappa shape index (κ1) is 12.3. The third-order valence-corrected chi connectivity index (χ3v) is 2.85. The second kappa shape index (κ2) is 6.67. The minimum absolute atomic E-state index is 0.703. The van der Waals surface area contributed by atoms with Crippen LogP contribution in [0.5, 0.6) is 0 Å². The largest absolute Gasteiger partial charge is 0.472 e. The minimum Gasteiger partial charge on any atom is -0.472 e. The van der Waals surface area contributed by atoms with Crippen LogP contribution in [0.3, 0.4) is 0 Å². The number of rotatable bonds is 7. The van der Waals surface area contributed by atoms with Crippen LogP contribution in [-0.4, -0.2) is 13.1 Å². The molecule has 0 aromatic carbocycles. The molecule has 0 bridgehead atoms. The molecule has 2 heteroatoms. The summed E-state index contributed by atoms with van der Waals surface area (Å²) in [6, 6.07) is 2.06. The molecule has 2 nitrogen and oxygen atoms in total. The van der Waals surface area contributed by atoms with Crippen molar-refractivity contribution in [3.63, 3.8) is 0 Å². The molecule has 0 spiro atoms. The smallest absolute Gasteiger partial charge is 0.0934 e. The van der Waals surface area contributed by atoms with Crippen LogP contribution in [0.25, 0.3) is 0 Å². The second-order valence-corrected chi connectivity index (χ2v) is 4.54. The summed E-state index contributed by atoms with van der Waals surface area (Å²) in [7, 11) is 0. The Bertz CT molecular complexity index is 241. The van der Waals surface area contributed by atoms with E-state index in [1.807, 2.05) is 6.26 Å². The Morgan fingerprint density at radius 2 is 2.20 bits per heavy atom. The average molecular weight is 209 g/mol. The molecule has 1 atom stereocenters. The molecule has 0 amide bonds. The number of hydrogen-bond donors (Lipinski definition) is 1. The zero-order valence-corrected chi connectivity index (χ0v) is 10.1. The Morgan fingerprint density at radius 3 is 2.73 bits per heavy atom. The van der Waals surface area contributed by atoms with Crippen molar-refractivity contribution in [3.05, 3.63) is 24.2 Å². The first-order chi connectivity index (χ1) is 7.24. The van der Waals surface area contributed by atoms with Crippen molar-refractivity contribution in [3.8, 4) is 0 Å². The molecule has 0 aliphatic carbocycles. The standard InChI is InChI=1S/C13H23NO/c1-4-6-14-9-13(11(2)3)8-12-5-7-15-10-12/h5,7,10-11,13-14H,4,6,8-9H2,1-3H3. The Hall–Kier alpha value is -0.760. The van der Waals surface area contributed by atoms with Crippen molar-refractivity contribution < 1.29 is 4.42 Å². The highest BCUT2D eigenvalue weighted by molar-refractivity contribution is 5.06. The van der Waals surface area contributed by atoms with Gasteiger partial charge in [0.05, 0.1) is 12.5 Å². The van der Waals surface area contributed by atoms with E-state index in [0.717, 1.165) is 19.5 Å². The Labute approximate surface area is 93.1 Å². The van der Waals surface area contributed by atoms with Crippen LogP contribution in [0.2, 0.25) is 0 Å². The molecule has 1 N–H and O–H groups in total. The minimum atomic E-state index is 0.703. The maximum atomic E-state index is 5.10. The van der Waals surface area contributed by atoms with Crippen LogP contribution < -0.4 is 5.32 Å². The van der Waals surface area contributed by atoms with Gasteiger partial charge in [0.15, 0.2) is 0 Å². The quantitative estimate of drug-likeness (QED) is 0.698. The van der Waals surface area contributed by atoms with Crippen LogP contribution in [-0.2, 0) is 6.42 Å². The van der Waals surface area contributed by atoms with Gasteiger partial charge in [0.25, 0.3) is 0 Å². The predicted octanol–water partition coefficient (Wildman–Crippen LogP) is 3.09. The lowest BCUT2D eigenvalue weighted by atomic mass is 9.90. The summed E-state index contributed by atoms with van der Waals surface area (Å²) in [5, 5.41) is 3.50. The lowest BCUT2D eigenvalue weighted by molar-refractivity contribution is 0.360. The van der Waals surface area contributed by atoms with Gasteiger partial charge >= 0.3 is 0 Å². The van der Waals surface area contributed by atoms with Gasteiger partial charge in [-0.15, -0.1) is 0 Å². The molecule has 1 rings (SSSR count). The molecule has 0 aliphatic heterocycles. The van der Waals surface area contributed by atoms with E-state index in [0.29, 0.717) is 11.8 Å². The van der Waals surface area contributed by atoms with Gasteiger partial charge in [0.1, 0.15) is 0 Å².